The fourth-order valence-corrected chi connectivity index (χ4v) is 2.10. The molecule has 7 heteroatoms. The molecule has 1 aromatic heterocycles. The van der Waals surface area contributed by atoms with Crippen molar-refractivity contribution in [3.05, 3.63) is 47.8 Å². The highest BCUT2D eigenvalue weighted by atomic mass is 16.2. The van der Waals surface area contributed by atoms with Crippen LogP contribution in [0.1, 0.15) is 11.1 Å². The largest absolute Gasteiger partial charge is 0.340 e. The first-order valence-corrected chi connectivity index (χ1v) is 7.27. The molecule has 3 amide bonds. The molecular formula is C16H21N5O2. The molecule has 2 rings (SSSR count). The Hall–Kier alpha value is -2.83. The molecule has 0 atom stereocenters. The maximum Gasteiger partial charge on any atom is 0.319 e. The van der Waals surface area contributed by atoms with Gasteiger partial charge in [0.2, 0.25) is 5.91 Å². The molecule has 0 aliphatic rings. The molecule has 7 nitrogen and oxygen atoms in total. The van der Waals surface area contributed by atoms with Crippen LogP contribution in [0.15, 0.2) is 36.7 Å². The minimum atomic E-state index is -0.404. The van der Waals surface area contributed by atoms with E-state index in [-0.39, 0.29) is 12.5 Å². The molecule has 0 bridgehead atoms. The third-order valence-electron chi connectivity index (χ3n) is 3.28. The van der Waals surface area contributed by atoms with Gasteiger partial charge in [0.15, 0.2) is 0 Å². The smallest absolute Gasteiger partial charge is 0.319 e. The van der Waals surface area contributed by atoms with E-state index in [2.05, 4.69) is 15.7 Å². The lowest BCUT2D eigenvalue weighted by Crippen LogP contribution is -2.39. The summed E-state index contributed by atoms with van der Waals surface area (Å²) >= 11 is 0. The van der Waals surface area contributed by atoms with Gasteiger partial charge in [0, 0.05) is 38.1 Å². The van der Waals surface area contributed by atoms with Gasteiger partial charge in [0.1, 0.15) is 0 Å². The van der Waals surface area contributed by atoms with Gasteiger partial charge in [0.05, 0.1) is 12.7 Å². The number of amides is 3. The van der Waals surface area contributed by atoms with Gasteiger partial charge in [-0.25, -0.2) is 4.79 Å². The highest BCUT2D eigenvalue weighted by Crippen LogP contribution is 2.09. The van der Waals surface area contributed by atoms with E-state index in [1.54, 1.807) is 28.9 Å². The number of urea groups is 1. The highest BCUT2D eigenvalue weighted by Gasteiger charge is 2.11. The minimum absolute atomic E-state index is 0.0611. The predicted octanol–water partition coefficient (Wildman–Crippen LogP) is 1.51. The summed E-state index contributed by atoms with van der Waals surface area (Å²) in [4.78, 5) is 25.4. The van der Waals surface area contributed by atoms with E-state index in [4.69, 9.17) is 0 Å². The number of anilines is 1. The summed E-state index contributed by atoms with van der Waals surface area (Å²) in [6.07, 6.45) is 3.56. The summed E-state index contributed by atoms with van der Waals surface area (Å²) in [6.45, 7) is 2.34. The van der Waals surface area contributed by atoms with Crippen LogP contribution in [0.2, 0.25) is 0 Å². The molecule has 122 valence electrons. The first-order valence-electron chi connectivity index (χ1n) is 7.27. The maximum atomic E-state index is 12.0. The standard InChI is InChI=1S/C16H21N5O2/c1-12-5-4-6-14(7-12)19-16(23)17-9-15(22)20(2)10-13-8-18-21(3)11-13/h4-8,11H,9-10H2,1-3H3,(H2,17,19,23). The number of carbonyl (C=O) groups excluding carboxylic acids is 2. The van der Waals surface area contributed by atoms with Crippen molar-refractivity contribution < 1.29 is 9.59 Å². The third-order valence-corrected chi connectivity index (χ3v) is 3.28. The van der Waals surface area contributed by atoms with Gasteiger partial charge in [-0.15, -0.1) is 0 Å². The van der Waals surface area contributed by atoms with Crippen LogP contribution in [0.4, 0.5) is 10.5 Å². The number of hydrogen-bond acceptors (Lipinski definition) is 3. The number of nitrogens with zero attached hydrogens (tertiary/aromatic N) is 3. The van der Waals surface area contributed by atoms with Gasteiger partial charge in [0.25, 0.3) is 0 Å². The molecule has 0 unspecified atom stereocenters. The molecular weight excluding hydrogens is 294 g/mol. The second kappa shape index (κ2) is 7.44. The van der Waals surface area contributed by atoms with Crippen molar-refractivity contribution in [2.75, 3.05) is 18.9 Å². The summed E-state index contributed by atoms with van der Waals surface area (Å²) in [6, 6.07) is 7.05. The van der Waals surface area contributed by atoms with Crippen LogP contribution >= 0.6 is 0 Å². The SMILES string of the molecule is Cc1cccc(NC(=O)NCC(=O)N(C)Cc2cnn(C)c2)c1. The van der Waals surface area contributed by atoms with Gasteiger partial charge in [-0.05, 0) is 24.6 Å². The maximum absolute atomic E-state index is 12.0. The molecule has 0 radical (unpaired) electrons. The number of likely N-dealkylation sites (N-methyl/N-ethyl adjacent to an activating group) is 1. The lowest BCUT2D eigenvalue weighted by Gasteiger charge is -2.16. The van der Waals surface area contributed by atoms with Crippen LogP contribution in [0.3, 0.4) is 0 Å². The van der Waals surface area contributed by atoms with Crippen LogP contribution in [0.5, 0.6) is 0 Å². The summed E-state index contributed by atoms with van der Waals surface area (Å²) in [5.74, 6) is -0.173. The molecule has 2 N–H and O–H groups in total. The van der Waals surface area contributed by atoms with E-state index in [1.165, 1.54) is 0 Å². The van der Waals surface area contributed by atoms with Crippen molar-refractivity contribution in [3.63, 3.8) is 0 Å². The Morgan fingerprint density at radius 2 is 2.13 bits per heavy atom. The van der Waals surface area contributed by atoms with Crippen LogP contribution in [-0.4, -0.2) is 40.2 Å². The summed E-state index contributed by atoms with van der Waals surface area (Å²) in [5.41, 5.74) is 2.68. The van der Waals surface area contributed by atoms with E-state index >= 15 is 0 Å². The Bertz CT molecular complexity index is 695. The molecule has 1 heterocycles. The minimum Gasteiger partial charge on any atom is -0.340 e. The second-order valence-electron chi connectivity index (χ2n) is 5.45. The van der Waals surface area contributed by atoms with Crippen molar-refractivity contribution >= 4 is 17.6 Å². The number of aromatic nitrogens is 2. The van der Waals surface area contributed by atoms with Crippen molar-refractivity contribution in [3.8, 4) is 0 Å². The summed E-state index contributed by atoms with van der Waals surface area (Å²) in [7, 11) is 3.51. The summed E-state index contributed by atoms with van der Waals surface area (Å²) < 4.78 is 1.68. The first-order chi connectivity index (χ1) is 10.9. The molecule has 0 aliphatic heterocycles. The van der Waals surface area contributed by atoms with Gasteiger partial charge < -0.3 is 15.5 Å². The number of carbonyl (C=O) groups is 2. The molecule has 0 saturated carbocycles. The van der Waals surface area contributed by atoms with Crippen LogP contribution in [0.25, 0.3) is 0 Å². The second-order valence-corrected chi connectivity index (χ2v) is 5.45. The predicted molar refractivity (Wildman–Crippen MR) is 87.9 cm³/mol. The molecule has 0 aliphatic carbocycles. The zero-order chi connectivity index (χ0) is 16.8. The molecule has 0 saturated heterocycles. The molecule has 23 heavy (non-hydrogen) atoms. The fraction of sp³-hybridized carbons (Fsp3) is 0.312. The zero-order valence-electron chi connectivity index (χ0n) is 13.5. The fourth-order valence-electron chi connectivity index (χ4n) is 2.10. The quantitative estimate of drug-likeness (QED) is 0.878. The molecule has 0 spiro atoms. The number of hydrogen-bond donors (Lipinski definition) is 2. The Morgan fingerprint density at radius 3 is 2.78 bits per heavy atom. The van der Waals surface area contributed by atoms with Crippen molar-refractivity contribution in [1.82, 2.24) is 20.0 Å². The molecule has 0 fully saturated rings. The lowest BCUT2D eigenvalue weighted by atomic mass is 10.2. The van der Waals surface area contributed by atoms with E-state index < -0.39 is 6.03 Å². The van der Waals surface area contributed by atoms with Crippen LogP contribution < -0.4 is 10.6 Å². The normalized spacial score (nSPS) is 10.2. The molecule has 1 aromatic carbocycles. The van der Waals surface area contributed by atoms with E-state index in [9.17, 15) is 9.59 Å². The van der Waals surface area contributed by atoms with Crippen molar-refractivity contribution in [2.45, 2.75) is 13.5 Å². The first kappa shape index (κ1) is 16.5. The number of benzene rings is 1. The van der Waals surface area contributed by atoms with Gasteiger partial charge in [-0.3, -0.25) is 9.48 Å². The topological polar surface area (TPSA) is 79.3 Å². The van der Waals surface area contributed by atoms with E-state index in [0.717, 1.165) is 11.1 Å². The lowest BCUT2D eigenvalue weighted by molar-refractivity contribution is -0.129. The van der Waals surface area contributed by atoms with Gasteiger partial charge in [-0.2, -0.15) is 5.10 Å². The Morgan fingerprint density at radius 1 is 1.35 bits per heavy atom. The monoisotopic (exact) mass is 315 g/mol. The number of rotatable bonds is 5. The van der Waals surface area contributed by atoms with Gasteiger partial charge in [-0.1, -0.05) is 12.1 Å². The van der Waals surface area contributed by atoms with E-state index in [0.29, 0.717) is 12.2 Å². The average Bonchev–Trinajstić information content (AvgIpc) is 2.90. The number of aryl methyl sites for hydroxylation is 2. The summed E-state index contributed by atoms with van der Waals surface area (Å²) in [5, 5.41) is 9.31. The zero-order valence-corrected chi connectivity index (χ0v) is 13.5. The average molecular weight is 315 g/mol. The Balaban J connectivity index is 1.77. The van der Waals surface area contributed by atoms with Crippen LogP contribution in [-0.2, 0) is 18.4 Å². The van der Waals surface area contributed by atoms with Crippen molar-refractivity contribution in [2.24, 2.45) is 7.05 Å². The third kappa shape index (κ3) is 5.14. The van der Waals surface area contributed by atoms with Crippen molar-refractivity contribution in [1.29, 1.82) is 0 Å². The van der Waals surface area contributed by atoms with Gasteiger partial charge >= 0.3 is 6.03 Å². The Labute approximate surface area is 135 Å². The number of nitrogens with one attached hydrogen (secondary N) is 2. The highest BCUT2D eigenvalue weighted by molar-refractivity contribution is 5.92. The van der Waals surface area contributed by atoms with E-state index in [1.807, 2.05) is 38.4 Å². The van der Waals surface area contributed by atoms with Crippen LogP contribution in [0, 0.1) is 6.92 Å². The molecule has 2 aromatic rings. The Kier molecular flexibility index (Phi) is 5.35.